The quantitative estimate of drug-likeness (QED) is 0.787. The Morgan fingerprint density at radius 1 is 1.14 bits per heavy atom. The van der Waals surface area contributed by atoms with Gasteiger partial charge in [0.1, 0.15) is 28.3 Å². The van der Waals surface area contributed by atoms with Gasteiger partial charge in [-0.1, -0.05) is 6.07 Å². The smallest absolute Gasteiger partial charge is 0.137 e. The van der Waals surface area contributed by atoms with E-state index in [9.17, 15) is 8.78 Å². The molecule has 0 spiro atoms. The van der Waals surface area contributed by atoms with Crippen molar-refractivity contribution in [2.45, 2.75) is 6.92 Å². The summed E-state index contributed by atoms with van der Waals surface area (Å²) >= 11 is 1.23. The number of nitrogens with two attached hydrogens (primary N) is 1. The molecule has 1 aromatic carbocycles. The summed E-state index contributed by atoms with van der Waals surface area (Å²) in [5.41, 5.74) is 6.46. The van der Waals surface area contributed by atoms with Gasteiger partial charge in [0.05, 0.1) is 16.8 Å². The van der Waals surface area contributed by atoms with Gasteiger partial charge in [0, 0.05) is 11.6 Å². The maximum atomic E-state index is 13.8. The first-order valence-corrected chi connectivity index (χ1v) is 6.93. The first-order chi connectivity index (χ1) is 10.1. The van der Waals surface area contributed by atoms with Gasteiger partial charge >= 0.3 is 0 Å². The van der Waals surface area contributed by atoms with E-state index in [4.69, 9.17) is 5.73 Å². The molecule has 0 radical (unpaired) electrons. The number of rotatable bonds is 2. The monoisotopic (exact) mass is 304 g/mol. The summed E-state index contributed by atoms with van der Waals surface area (Å²) in [6, 6.07) is 3.70. The van der Waals surface area contributed by atoms with Crippen LogP contribution < -0.4 is 5.73 Å². The number of nitrogen functional groups attached to an aromatic ring is 1. The number of hydrogen-bond acceptors (Lipinski definition) is 5. The summed E-state index contributed by atoms with van der Waals surface area (Å²) in [7, 11) is 0. The number of aryl methyl sites for hydroxylation is 1. The van der Waals surface area contributed by atoms with Crippen LogP contribution in [0, 0.1) is 18.6 Å². The van der Waals surface area contributed by atoms with Crippen molar-refractivity contribution in [3.8, 4) is 21.8 Å². The molecule has 0 amide bonds. The molecule has 7 heteroatoms. The molecule has 0 aliphatic carbocycles. The summed E-state index contributed by atoms with van der Waals surface area (Å²) in [4.78, 5) is 12.4. The Morgan fingerprint density at radius 2 is 1.86 bits per heavy atom. The van der Waals surface area contributed by atoms with Crippen LogP contribution in [-0.4, -0.2) is 15.0 Å². The van der Waals surface area contributed by atoms with E-state index in [-0.39, 0.29) is 17.1 Å². The minimum absolute atomic E-state index is 0.147. The van der Waals surface area contributed by atoms with Gasteiger partial charge in [-0.25, -0.2) is 23.7 Å². The molecule has 2 N–H and O–H groups in total. The van der Waals surface area contributed by atoms with E-state index in [1.54, 1.807) is 18.5 Å². The highest BCUT2D eigenvalue weighted by atomic mass is 32.1. The van der Waals surface area contributed by atoms with Crippen molar-refractivity contribution in [2.24, 2.45) is 0 Å². The van der Waals surface area contributed by atoms with Gasteiger partial charge in [-0.15, -0.1) is 11.3 Å². The average Bonchev–Trinajstić information content (AvgIpc) is 2.87. The van der Waals surface area contributed by atoms with Crippen LogP contribution in [0.2, 0.25) is 0 Å². The Labute approximate surface area is 123 Å². The van der Waals surface area contributed by atoms with Crippen LogP contribution in [-0.2, 0) is 0 Å². The minimum Gasteiger partial charge on any atom is -0.383 e. The zero-order valence-electron chi connectivity index (χ0n) is 11.0. The summed E-state index contributed by atoms with van der Waals surface area (Å²) in [6.45, 7) is 1.72. The number of halogens is 2. The number of anilines is 1. The Morgan fingerprint density at radius 3 is 2.52 bits per heavy atom. The molecule has 21 heavy (non-hydrogen) atoms. The lowest BCUT2D eigenvalue weighted by Crippen LogP contribution is -1.98. The molecule has 0 unspecified atom stereocenters. The van der Waals surface area contributed by atoms with Crippen molar-refractivity contribution in [3.63, 3.8) is 0 Å². The molecule has 2 heterocycles. The van der Waals surface area contributed by atoms with Gasteiger partial charge in [0.15, 0.2) is 0 Å². The topological polar surface area (TPSA) is 64.7 Å². The van der Waals surface area contributed by atoms with Crippen molar-refractivity contribution in [2.75, 3.05) is 5.73 Å². The zero-order valence-corrected chi connectivity index (χ0v) is 11.8. The third kappa shape index (κ3) is 2.47. The first kappa shape index (κ1) is 13.6. The number of thiazole rings is 1. The maximum absolute atomic E-state index is 13.8. The Bertz CT molecular complexity index is 796. The zero-order chi connectivity index (χ0) is 15.0. The van der Waals surface area contributed by atoms with Crippen LogP contribution in [0.5, 0.6) is 0 Å². The van der Waals surface area contributed by atoms with E-state index in [0.29, 0.717) is 16.4 Å². The van der Waals surface area contributed by atoms with Gasteiger partial charge in [0.2, 0.25) is 0 Å². The van der Waals surface area contributed by atoms with E-state index < -0.39 is 11.6 Å². The molecular formula is C14H10F2N4S. The van der Waals surface area contributed by atoms with Crippen LogP contribution in [0.3, 0.4) is 0 Å². The second-order valence-electron chi connectivity index (χ2n) is 4.35. The van der Waals surface area contributed by atoms with Crippen LogP contribution in [0.25, 0.3) is 21.8 Å². The summed E-state index contributed by atoms with van der Waals surface area (Å²) < 4.78 is 27.5. The average molecular weight is 304 g/mol. The van der Waals surface area contributed by atoms with Crippen LogP contribution in [0.1, 0.15) is 5.82 Å². The predicted octanol–water partition coefficient (Wildman–Crippen LogP) is 3.44. The highest BCUT2D eigenvalue weighted by Crippen LogP contribution is 2.33. The lowest BCUT2D eigenvalue weighted by Gasteiger charge is -2.02. The molecule has 106 valence electrons. The molecule has 3 aromatic rings. The predicted molar refractivity (Wildman–Crippen MR) is 77.6 cm³/mol. The fourth-order valence-electron chi connectivity index (χ4n) is 1.91. The summed E-state index contributed by atoms with van der Waals surface area (Å²) in [6.07, 6.45) is 1.55. The minimum atomic E-state index is -0.653. The fourth-order valence-corrected chi connectivity index (χ4v) is 2.74. The van der Waals surface area contributed by atoms with E-state index in [0.717, 1.165) is 0 Å². The normalized spacial score (nSPS) is 10.8. The Balaban J connectivity index is 2.08. The van der Waals surface area contributed by atoms with E-state index in [2.05, 4.69) is 15.0 Å². The molecule has 0 aliphatic heterocycles. The first-order valence-electron chi connectivity index (χ1n) is 6.05. The molecule has 2 aromatic heterocycles. The van der Waals surface area contributed by atoms with Crippen molar-refractivity contribution >= 4 is 17.2 Å². The lowest BCUT2D eigenvalue weighted by molar-refractivity contribution is 0.589. The summed E-state index contributed by atoms with van der Waals surface area (Å²) in [5.74, 6) is -0.467. The van der Waals surface area contributed by atoms with Crippen LogP contribution >= 0.6 is 11.3 Å². The highest BCUT2D eigenvalue weighted by molar-refractivity contribution is 7.13. The maximum Gasteiger partial charge on any atom is 0.137 e. The van der Waals surface area contributed by atoms with E-state index >= 15 is 0 Å². The van der Waals surface area contributed by atoms with E-state index in [1.807, 2.05) is 0 Å². The highest BCUT2D eigenvalue weighted by Gasteiger charge is 2.16. The molecule has 0 atom stereocenters. The number of benzene rings is 1. The molecule has 0 bridgehead atoms. The largest absolute Gasteiger partial charge is 0.383 e. The van der Waals surface area contributed by atoms with Gasteiger partial charge < -0.3 is 5.73 Å². The lowest BCUT2D eigenvalue weighted by atomic mass is 10.1. The molecule has 0 saturated carbocycles. The van der Waals surface area contributed by atoms with Crippen LogP contribution in [0.4, 0.5) is 14.6 Å². The number of nitrogens with zero attached hydrogens (tertiary/aromatic N) is 3. The van der Waals surface area contributed by atoms with Crippen molar-refractivity contribution in [1.29, 1.82) is 0 Å². The number of hydrogen-bond donors (Lipinski definition) is 1. The van der Waals surface area contributed by atoms with Crippen molar-refractivity contribution in [3.05, 3.63) is 47.2 Å². The number of aromatic nitrogens is 3. The summed E-state index contributed by atoms with van der Waals surface area (Å²) in [5, 5.41) is 2.10. The second kappa shape index (κ2) is 5.17. The Hall–Kier alpha value is -2.41. The van der Waals surface area contributed by atoms with Crippen molar-refractivity contribution in [1.82, 2.24) is 15.0 Å². The molecule has 0 fully saturated rings. The van der Waals surface area contributed by atoms with Gasteiger partial charge in [-0.05, 0) is 19.1 Å². The third-order valence-corrected chi connectivity index (χ3v) is 3.77. The molecule has 3 rings (SSSR count). The standard InChI is InChI=1S/C14H10F2N4S/c1-7-18-5-8(13(17)19-7)14-20-11(6-21-14)12-9(15)3-2-4-10(12)16/h2-6H,1H3,(H2,17,18,19). The fraction of sp³-hybridized carbons (Fsp3) is 0.0714. The van der Waals surface area contributed by atoms with Crippen LogP contribution in [0.15, 0.2) is 29.8 Å². The second-order valence-corrected chi connectivity index (χ2v) is 5.21. The molecule has 4 nitrogen and oxygen atoms in total. The molecule has 0 saturated heterocycles. The Kier molecular flexibility index (Phi) is 3.34. The molecular weight excluding hydrogens is 294 g/mol. The SMILES string of the molecule is Cc1ncc(-c2nc(-c3c(F)cccc3F)cs2)c(N)n1. The van der Waals surface area contributed by atoms with Gasteiger partial charge in [-0.2, -0.15) is 0 Å². The molecule has 0 aliphatic rings. The van der Waals surface area contributed by atoms with Gasteiger partial charge in [-0.3, -0.25) is 0 Å². The third-order valence-electron chi connectivity index (χ3n) is 2.89. The van der Waals surface area contributed by atoms with Crippen molar-refractivity contribution < 1.29 is 8.78 Å². The van der Waals surface area contributed by atoms with E-state index in [1.165, 1.54) is 29.5 Å². The van der Waals surface area contributed by atoms with Gasteiger partial charge in [0.25, 0.3) is 0 Å².